The van der Waals surface area contributed by atoms with Gasteiger partial charge in [-0.05, 0) is 18.6 Å². The zero-order valence-corrected chi connectivity index (χ0v) is 9.53. The normalized spacial score (nSPS) is 10.0. The number of carbonyl (C=O) groups is 1. The summed E-state index contributed by atoms with van der Waals surface area (Å²) in [4.78, 5) is 11.1. The second kappa shape index (κ2) is 5.69. The van der Waals surface area contributed by atoms with Crippen LogP contribution in [0.5, 0.6) is 0 Å². The number of rotatable bonds is 4. The average Bonchev–Trinajstić information content (AvgIpc) is 2.28. The standard InChI is InChI=1S/C10H13ClN2O3/c1-2-7-8(12-10(14)6-11)4-3-5-9(7)13(15)16/h3-5,15-16H,2,6H2,1H3,(H,12,14). The van der Waals surface area contributed by atoms with Crippen LogP contribution in [0.1, 0.15) is 12.5 Å². The summed E-state index contributed by atoms with van der Waals surface area (Å²) in [5, 5.41) is 20.6. The van der Waals surface area contributed by atoms with Crippen molar-refractivity contribution in [3.05, 3.63) is 23.8 Å². The van der Waals surface area contributed by atoms with Crippen molar-refractivity contribution in [1.82, 2.24) is 0 Å². The first-order valence-electron chi connectivity index (χ1n) is 4.75. The van der Waals surface area contributed by atoms with Gasteiger partial charge in [0.2, 0.25) is 5.91 Å². The fourth-order valence-corrected chi connectivity index (χ4v) is 1.50. The summed E-state index contributed by atoms with van der Waals surface area (Å²) < 4.78 is 0. The molecule has 0 radical (unpaired) electrons. The van der Waals surface area contributed by atoms with E-state index in [-0.39, 0.29) is 22.7 Å². The van der Waals surface area contributed by atoms with E-state index in [9.17, 15) is 4.79 Å². The Balaban J connectivity index is 3.08. The van der Waals surface area contributed by atoms with Crippen LogP contribution < -0.4 is 10.5 Å². The van der Waals surface area contributed by atoms with Gasteiger partial charge in [0.1, 0.15) is 5.88 Å². The van der Waals surface area contributed by atoms with Crippen molar-refractivity contribution >= 4 is 28.9 Å². The van der Waals surface area contributed by atoms with Crippen molar-refractivity contribution in [2.45, 2.75) is 13.3 Å². The van der Waals surface area contributed by atoms with Gasteiger partial charge in [-0.3, -0.25) is 15.2 Å². The van der Waals surface area contributed by atoms with Gasteiger partial charge in [-0.2, -0.15) is 0 Å². The lowest BCUT2D eigenvalue weighted by Gasteiger charge is -2.16. The first-order chi connectivity index (χ1) is 7.60. The Hall–Kier alpha value is -1.30. The molecule has 0 bridgehead atoms. The molecule has 6 heteroatoms. The molecule has 0 aliphatic heterocycles. The third-order valence-corrected chi connectivity index (χ3v) is 2.36. The molecule has 88 valence electrons. The molecule has 0 heterocycles. The van der Waals surface area contributed by atoms with Crippen molar-refractivity contribution in [3.63, 3.8) is 0 Å². The van der Waals surface area contributed by atoms with Crippen LogP contribution in [0, 0.1) is 0 Å². The van der Waals surface area contributed by atoms with Gasteiger partial charge in [-0.15, -0.1) is 16.8 Å². The lowest BCUT2D eigenvalue weighted by Crippen LogP contribution is -2.17. The molecule has 5 nitrogen and oxygen atoms in total. The molecular formula is C10H13ClN2O3. The zero-order valence-electron chi connectivity index (χ0n) is 8.77. The number of hydrogen-bond donors (Lipinski definition) is 3. The predicted molar refractivity (Wildman–Crippen MR) is 61.2 cm³/mol. The minimum Gasteiger partial charge on any atom is -0.325 e. The molecule has 1 aromatic carbocycles. The fourth-order valence-electron chi connectivity index (χ4n) is 1.43. The summed E-state index contributed by atoms with van der Waals surface area (Å²) in [6, 6.07) is 4.82. The van der Waals surface area contributed by atoms with E-state index in [1.165, 1.54) is 6.07 Å². The van der Waals surface area contributed by atoms with Crippen LogP contribution in [0.15, 0.2) is 18.2 Å². The molecule has 0 aromatic heterocycles. The van der Waals surface area contributed by atoms with E-state index >= 15 is 0 Å². The molecule has 1 amide bonds. The van der Waals surface area contributed by atoms with E-state index in [1.807, 2.05) is 6.92 Å². The number of alkyl halides is 1. The highest BCUT2D eigenvalue weighted by Gasteiger charge is 2.11. The van der Waals surface area contributed by atoms with Crippen molar-refractivity contribution in [1.29, 1.82) is 0 Å². The number of amides is 1. The Morgan fingerprint density at radius 2 is 2.19 bits per heavy atom. The maximum absolute atomic E-state index is 11.1. The van der Waals surface area contributed by atoms with Gasteiger partial charge in [0.05, 0.1) is 5.69 Å². The Morgan fingerprint density at radius 1 is 1.50 bits per heavy atom. The van der Waals surface area contributed by atoms with Gasteiger partial charge in [0.25, 0.3) is 0 Å². The number of benzene rings is 1. The monoisotopic (exact) mass is 244 g/mol. The van der Waals surface area contributed by atoms with Crippen LogP contribution in [-0.4, -0.2) is 22.2 Å². The maximum Gasteiger partial charge on any atom is 0.239 e. The largest absolute Gasteiger partial charge is 0.325 e. The lowest BCUT2D eigenvalue weighted by atomic mass is 10.1. The van der Waals surface area contributed by atoms with E-state index in [1.54, 1.807) is 12.1 Å². The molecule has 1 rings (SSSR count). The van der Waals surface area contributed by atoms with Crippen LogP contribution in [0.3, 0.4) is 0 Å². The first kappa shape index (κ1) is 12.8. The molecule has 0 aliphatic rings. The highest BCUT2D eigenvalue weighted by Crippen LogP contribution is 2.26. The molecule has 16 heavy (non-hydrogen) atoms. The van der Waals surface area contributed by atoms with Gasteiger partial charge in [-0.1, -0.05) is 13.0 Å². The van der Waals surface area contributed by atoms with Gasteiger partial charge in [0, 0.05) is 11.3 Å². The highest BCUT2D eigenvalue weighted by atomic mass is 35.5. The Bertz CT molecular complexity index is 382. The lowest BCUT2D eigenvalue weighted by molar-refractivity contribution is -0.113. The second-order valence-electron chi connectivity index (χ2n) is 3.13. The topological polar surface area (TPSA) is 72.8 Å². The van der Waals surface area contributed by atoms with Crippen molar-refractivity contribution in [2.75, 3.05) is 16.4 Å². The number of nitrogens with one attached hydrogen (secondary N) is 1. The zero-order chi connectivity index (χ0) is 12.1. The number of halogens is 1. The van der Waals surface area contributed by atoms with Gasteiger partial charge >= 0.3 is 0 Å². The molecule has 3 N–H and O–H groups in total. The summed E-state index contributed by atoms with van der Waals surface area (Å²) in [5.41, 5.74) is 1.39. The Labute approximate surface area is 98.2 Å². The SMILES string of the molecule is CCc1c(NC(=O)CCl)cccc1N(O)O. The third-order valence-electron chi connectivity index (χ3n) is 2.12. The highest BCUT2D eigenvalue weighted by molar-refractivity contribution is 6.29. The smallest absolute Gasteiger partial charge is 0.239 e. The summed E-state index contributed by atoms with van der Waals surface area (Å²) in [7, 11) is 0. The van der Waals surface area contributed by atoms with Crippen LogP contribution >= 0.6 is 11.6 Å². The maximum atomic E-state index is 11.1. The predicted octanol–water partition coefficient (Wildman–Crippen LogP) is 2.01. The van der Waals surface area contributed by atoms with Crippen molar-refractivity contribution in [2.24, 2.45) is 0 Å². The Kier molecular flexibility index (Phi) is 4.54. The van der Waals surface area contributed by atoms with Crippen LogP contribution in [0.25, 0.3) is 0 Å². The molecule has 0 atom stereocenters. The molecule has 0 spiro atoms. The van der Waals surface area contributed by atoms with Crippen LogP contribution in [0.2, 0.25) is 0 Å². The second-order valence-corrected chi connectivity index (χ2v) is 3.40. The van der Waals surface area contributed by atoms with E-state index < -0.39 is 0 Å². The third kappa shape index (κ3) is 2.85. The quantitative estimate of drug-likeness (QED) is 0.560. The van der Waals surface area contributed by atoms with Gasteiger partial charge in [0.15, 0.2) is 0 Å². The van der Waals surface area contributed by atoms with E-state index in [0.29, 0.717) is 17.7 Å². The number of anilines is 2. The van der Waals surface area contributed by atoms with E-state index in [2.05, 4.69) is 5.32 Å². The van der Waals surface area contributed by atoms with Crippen LogP contribution in [-0.2, 0) is 11.2 Å². The molecular weight excluding hydrogens is 232 g/mol. The molecule has 0 fully saturated rings. The van der Waals surface area contributed by atoms with E-state index in [0.717, 1.165) is 0 Å². The molecule has 0 unspecified atom stereocenters. The molecule has 0 aliphatic carbocycles. The van der Waals surface area contributed by atoms with E-state index in [4.69, 9.17) is 22.0 Å². The summed E-state index contributed by atoms with van der Waals surface area (Å²) in [5.74, 6) is -0.481. The number of nitrogens with zero attached hydrogens (tertiary/aromatic N) is 1. The minimum atomic E-state index is -0.337. The van der Waals surface area contributed by atoms with Gasteiger partial charge in [-0.25, -0.2) is 0 Å². The summed E-state index contributed by atoms with van der Waals surface area (Å²) in [6.45, 7) is 1.85. The minimum absolute atomic E-state index is 0.0369. The fraction of sp³-hybridized carbons (Fsp3) is 0.300. The van der Waals surface area contributed by atoms with Crippen molar-refractivity contribution in [3.8, 4) is 0 Å². The summed E-state index contributed by atoms with van der Waals surface area (Å²) >= 11 is 5.38. The Morgan fingerprint density at radius 3 is 2.69 bits per heavy atom. The number of hydrogen-bond acceptors (Lipinski definition) is 4. The molecule has 1 aromatic rings. The summed E-state index contributed by atoms with van der Waals surface area (Å²) in [6.07, 6.45) is 0.547. The number of carbonyl (C=O) groups excluding carboxylic acids is 1. The molecule has 0 saturated heterocycles. The van der Waals surface area contributed by atoms with Crippen LogP contribution in [0.4, 0.5) is 11.4 Å². The molecule has 0 saturated carbocycles. The first-order valence-corrected chi connectivity index (χ1v) is 5.29. The van der Waals surface area contributed by atoms with Crippen molar-refractivity contribution < 1.29 is 15.2 Å². The average molecular weight is 245 g/mol. The van der Waals surface area contributed by atoms with Gasteiger partial charge < -0.3 is 5.32 Å².